The maximum Gasteiger partial charge on any atom is 0.280 e. The number of benzene rings is 1. The largest absolute Gasteiger partial charge is 0.492 e. The van der Waals surface area contributed by atoms with Gasteiger partial charge in [0, 0.05) is 19.1 Å². The highest BCUT2D eigenvalue weighted by Gasteiger charge is 2.16. The van der Waals surface area contributed by atoms with Crippen molar-refractivity contribution in [1.82, 2.24) is 20.6 Å². The molecule has 0 fully saturated rings. The Hall–Kier alpha value is -3.11. The molecule has 0 aliphatic carbocycles. The molecule has 2 aromatic rings. The molecule has 0 aliphatic rings. The first-order chi connectivity index (χ1) is 16.3. The molecule has 8 N–H and O–H groups in total. The standard InChI is InChI=1S/C23H35ClN8O2/c1-3-16(4-2)28-13-14-34-17-10-8-15(9-11-17)7-5-6-12-29-23(27)32-22(33)18-20(25)31-21(26)19(24)30-18/h8-11,16,28H,3-7,12-14H2,1-2H3,(H4,25,26,31)(H3,27,29,32,33). The van der Waals surface area contributed by atoms with Gasteiger partial charge in [-0.05, 0) is 49.8 Å². The molecule has 1 aromatic heterocycles. The second kappa shape index (κ2) is 14.2. The summed E-state index contributed by atoms with van der Waals surface area (Å²) < 4.78 is 5.79. The number of aryl methyl sites for hydroxylation is 1. The predicted molar refractivity (Wildman–Crippen MR) is 137 cm³/mol. The van der Waals surface area contributed by atoms with Crippen molar-refractivity contribution in [3.8, 4) is 5.75 Å². The normalized spacial score (nSPS) is 11.6. The molecule has 186 valence electrons. The van der Waals surface area contributed by atoms with E-state index in [1.807, 2.05) is 12.1 Å². The van der Waals surface area contributed by atoms with Crippen molar-refractivity contribution in [3.05, 3.63) is 40.7 Å². The van der Waals surface area contributed by atoms with Crippen LogP contribution >= 0.6 is 11.6 Å². The number of anilines is 2. The van der Waals surface area contributed by atoms with Crippen LogP contribution in [0.15, 0.2) is 29.3 Å². The van der Waals surface area contributed by atoms with Crippen LogP contribution < -0.4 is 32.6 Å². The van der Waals surface area contributed by atoms with Crippen molar-refractivity contribution in [2.75, 3.05) is 31.2 Å². The van der Waals surface area contributed by atoms with Crippen LogP contribution in [0.5, 0.6) is 5.75 Å². The number of guanidine groups is 1. The van der Waals surface area contributed by atoms with Crippen molar-refractivity contribution in [2.24, 2.45) is 10.7 Å². The first kappa shape index (κ1) is 27.1. The fourth-order valence-electron chi connectivity index (χ4n) is 3.23. The number of unbranched alkanes of at least 4 members (excludes halogenated alkanes) is 1. The Morgan fingerprint density at radius 2 is 1.82 bits per heavy atom. The van der Waals surface area contributed by atoms with Gasteiger partial charge >= 0.3 is 0 Å². The minimum absolute atomic E-state index is 0.0284. The van der Waals surface area contributed by atoms with Crippen molar-refractivity contribution < 1.29 is 9.53 Å². The topological polar surface area (TPSA) is 167 Å². The predicted octanol–water partition coefficient (Wildman–Crippen LogP) is 2.52. The SMILES string of the molecule is CCC(CC)NCCOc1ccc(CCCCN=C(N)NC(=O)c2nc(Cl)c(N)nc2N)cc1. The summed E-state index contributed by atoms with van der Waals surface area (Å²) in [5.41, 5.74) is 18.0. The molecule has 34 heavy (non-hydrogen) atoms. The van der Waals surface area contributed by atoms with Crippen LogP contribution in [0.2, 0.25) is 5.15 Å². The zero-order valence-corrected chi connectivity index (χ0v) is 20.6. The minimum atomic E-state index is -0.651. The van der Waals surface area contributed by atoms with E-state index >= 15 is 0 Å². The van der Waals surface area contributed by atoms with E-state index in [1.165, 1.54) is 5.56 Å². The Labute approximate surface area is 205 Å². The highest BCUT2D eigenvalue weighted by molar-refractivity contribution is 6.31. The number of carbonyl (C=O) groups is 1. The number of aliphatic imine (C=N–C) groups is 1. The van der Waals surface area contributed by atoms with E-state index in [-0.39, 0.29) is 28.4 Å². The van der Waals surface area contributed by atoms with Gasteiger partial charge in [-0.1, -0.05) is 37.6 Å². The zero-order valence-electron chi connectivity index (χ0n) is 19.8. The molecule has 11 heteroatoms. The van der Waals surface area contributed by atoms with Crippen molar-refractivity contribution >= 4 is 35.1 Å². The number of ether oxygens (including phenoxy) is 1. The van der Waals surface area contributed by atoms with E-state index in [9.17, 15) is 4.79 Å². The number of nitrogen functional groups attached to an aromatic ring is 2. The lowest BCUT2D eigenvalue weighted by Gasteiger charge is -2.15. The number of rotatable bonds is 13. The third-order valence-corrected chi connectivity index (χ3v) is 5.51. The van der Waals surface area contributed by atoms with Gasteiger partial charge in [0.2, 0.25) is 0 Å². The summed E-state index contributed by atoms with van der Waals surface area (Å²) in [6, 6.07) is 8.69. The van der Waals surface area contributed by atoms with Crippen LogP contribution in [0.4, 0.5) is 11.6 Å². The van der Waals surface area contributed by atoms with Crippen LogP contribution in [-0.4, -0.2) is 47.6 Å². The molecule has 0 radical (unpaired) electrons. The molecule has 0 atom stereocenters. The fourth-order valence-corrected chi connectivity index (χ4v) is 3.35. The molecule has 0 bridgehead atoms. The van der Waals surface area contributed by atoms with Crippen LogP contribution in [0.1, 0.15) is 55.6 Å². The first-order valence-corrected chi connectivity index (χ1v) is 11.9. The molecule has 1 amide bonds. The Morgan fingerprint density at radius 3 is 2.50 bits per heavy atom. The number of nitrogens with one attached hydrogen (secondary N) is 2. The Kier molecular flexibility index (Phi) is 11.3. The summed E-state index contributed by atoms with van der Waals surface area (Å²) in [7, 11) is 0. The second-order valence-electron chi connectivity index (χ2n) is 7.77. The monoisotopic (exact) mass is 490 g/mol. The van der Waals surface area contributed by atoms with E-state index in [0.29, 0.717) is 19.2 Å². The molecule has 0 aliphatic heterocycles. The lowest BCUT2D eigenvalue weighted by molar-refractivity contribution is 0.0972. The smallest absolute Gasteiger partial charge is 0.280 e. The average molecular weight is 491 g/mol. The maximum atomic E-state index is 12.2. The molecule has 10 nitrogen and oxygen atoms in total. The highest BCUT2D eigenvalue weighted by atomic mass is 35.5. The number of amides is 1. The molecule has 2 rings (SSSR count). The first-order valence-electron chi connectivity index (χ1n) is 11.5. The second-order valence-corrected chi connectivity index (χ2v) is 8.13. The minimum Gasteiger partial charge on any atom is -0.492 e. The van der Waals surface area contributed by atoms with E-state index < -0.39 is 5.91 Å². The number of aromatic nitrogens is 2. The van der Waals surface area contributed by atoms with Gasteiger partial charge in [0.25, 0.3) is 5.91 Å². The van der Waals surface area contributed by atoms with E-state index in [4.69, 9.17) is 33.5 Å². The third-order valence-electron chi connectivity index (χ3n) is 5.23. The number of carbonyl (C=O) groups excluding carboxylic acids is 1. The van der Waals surface area contributed by atoms with E-state index in [1.54, 1.807) is 0 Å². The lowest BCUT2D eigenvalue weighted by atomic mass is 10.1. The highest BCUT2D eigenvalue weighted by Crippen LogP contribution is 2.17. The van der Waals surface area contributed by atoms with E-state index in [0.717, 1.165) is 44.4 Å². The molecule has 0 saturated heterocycles. The van der Waals surface area contributed by atoms with Crippen molar-refractivity contribution in [3.63, 3.8) is 0 Å². The molecule has 0 spiro atoms. The van der Waals surface area contributed by atoms with Gasteiger partial charge in [0.1, 0.15) is 12.4 Å². The van der Waals surface area contributed by atoms with Gasteiger partial charge in [-0.3, -0.25) is 15.1 Å². The molecule has 0 unspecified atom stereocenters. The lowest BCUT2D eigenvalue weighted by Crippen LogP contribution is -2.38. The number of halogens is 1. The zero-order chi connectivity index (χ0) is 24.9. The molecular weight excluding hydrogens is 456 g/mol. The quantitative estimate of drug-likeness (QED) is 0.162. The Morgan fingerprint density at radius 1 is 1.12 bits per heavy atom. The Bertz CT molecular complexity index is 949. The maximum absolute atomic E-state index is 12.2. The van der Waals surface area contributed by atoms with Gasteiger partial charge < -0.3 is 27.3 Å². The summed E-state index contributed by atoms with van der Waals surface area (Å²) in [5, 5.41) is 5.80. The van der Waals surface area contributed by atoms with E-state index in [2.05, 4.69) is 51.6 Å². The Balaban J connectivity index is 1.67. The van der Waals surface area contributed by atoms with Crippen LogP contribution in [0.25, 0.3) is 0 Å². The third kappa shape index (κ3) is 9.03. The van der Waals surface area contributed by atoms with Crippen LogP contribution in [0, 0.1) is 0 Å². The summed E-state index contributed by atoms with van der Waals surface area (Å²) in [6.07, 6.45) is 4.90. The molecular formula is C23H35ClN8O2. The van der Waals surface area contributed by atoms with Gasteiger partial charge in [0.05, 0.1) is 0 Å². The van der Waals surface area contributed by atoms with Gasteiger partial charge in [-0.15, -0.1) is 0 Å². The average Bonchev–Trinajstić information content (AvgIpc) is 2.82. The van der Waals surface area contributed by atoms with Gasteiger partial charge in [0.15, 0.2) is 28.4 Å². The van der Waals surface area contributed by atoms with Gasteiger partial charge in [-0.25, -0.2) is 9.97 Å². The fraction of sp³-hybridized carbons (Fsp3) is 0.478. The summed E-state index contributed by atoms with van der Waals surface area (Å²) in [4.78, 5) is 24.0. The molecule has 1 aromatic carbocycles. The number of hydrogen-bond donors (Lipinski definition) is 5. The van der Waals surface area contributed by atoms with Crippen LogP contribution in [0.3, 0.4) is 0 Å². The van der Waals surface area contributed by atoms with Gasteiger partial charge in [-0.2, -0.15) is 0 Å². The molecule has 1 heterocycles. The van der Waals surface area contributed by atoms with Crippen LogP contribution in [-0.2, 0) is 6.42 Å². The van der Waals surface area contributed by atoms with Crippen molar-refractivity contribution in [1.29, 1.82) is 0 Å². The number of hydrogen-bond acceptors (Lipinski definition) is 8. The number of nitrogens with zero attached hydrogens (tertiary/aromatic N) is 3. The molecule has 0 saturated carbocycles. The summed E-state index contributed by atoms with van der Waals surface area (Å²) >= 11 is 5.79. The van der Waals surface area contributed by atoms with Crippen molar-refractivity contribution in [2.45, 2.75) is 52.0 Å². The summed E-state index contributed by atoms with van der Waals surface area (Å²) in [5.74, 6) is 0.00304. The summed E-state index contributed by atoms with van der Waals surface area (Å²) in [6.45, 7) is 6.33. The number of nitrogens with two attached hydrogens (primary N) is 3.